The molecule has 1 aliphatic rings. The van der Waals surface area contributed by atoms with Crippen LogP contribution in [0, 0.1) is 6.92 Å². The molecule has 0 unspecified atom stereocenters. The number of hydrogen-bond acceptors (Lipinski definition) is 8. The number of nitrogens with zero attached hydrogens (tertiary/aromatic N) is 2. The Kier molecular flexibility index (Phi) is 4.31. The Balaban J connectivity index is 1.57. The minimum atomic E-state index is -0.604. The summed E-state index contributed by atoms with van der Waals surface area (Å²) in [5.74, 6) is -0.0452. The standard InChI is InChI=1S/C18H16N2O6S/c1-9-13-15(19-12-4-3-7-20(12)16(13)21)27-14(9)18(23)25-8-10-5-6-11(26-10)17(22)24-2/h5-6H,3-4,7-8H2,1-2H3. The van der Waals surface area contributed by atoms with Crippen LogP contribution in [-0.2, 0) is 29.0 Å². The number of hydrogen-bond donors (Lipinski definition) is 0. The Bertz CT molecular complexity index is 1120. The number of esters is 2. The van der Waals surface area contributed by atoms with Gasteiger partial charge in [-0.15, -0.1) is 11.3 Å². The highest BCUT2D eigenvalue weighted by molar-refractivity contribution is 7.20. The molecular formula is C18H16N2O6S. The van der Waals surface area contributed by atoms with E-state index in [1.165, 1.54) is 19.2 Å². The lowest BCUT2D eigenvalue weighted by Gasteiger charge is -2.02. The third-order valence-corrected chi connectivity index (χ3v) is 5.66. The zero-order valence-corrected chi connectivity index (χ0v) is 15.6. The van der Waals surface area contributed by atoms with Crippen molar-refractivity contribution in [3.8, 4) is 0 Å². The maximum absolute atomic E-state index is 12.7. The zero-order chi connectivity index (χ0) is 19.1. The van der Waals surface area contributed by atoms with Crippen molar-refractivity contribution in [3.63, 3.8) is 0 Å². The monoisotopic (exact) mass is 388 g/mol. The Morgan fingerprint density at radius 1 is 1.33 bits per heavy atom. The van der Waals surface area contributed by atoms with Crippen molar-refractivity contribution in [1.29, 1.82) is 0 Å². The molecule has 0 atom stereocenters. The normalized spacial score (nSPS) is 13.0. The highest BCUT2D eigenvalue weighted by atomic mass is 32.1. The molecular weight excluding hydrogens is 372 g/mol. The number of aryl methyl sites for hydroxylation is 2. The smallest absolute Gasteiger partial charge is 0.373 e. The molecule has 0 N–H and O–H groups in total. The fourth-order valence-electron chi connectivity index (χ4n) is 3.14. The zero-order valence-electron chi connectivity index (χ0n) is 14.7. The molecule has 0 saturated carbocycles. The number of fused-ring (bicyclic) bond motifs is 2. The molecule has 8 nitrogen and oxygen atoms in total. The quantitative estimate of drug-likeness (QED) is 0.633. The first-order valence-corrected chi connectivity index (χ1v) is 9.18. The van der Waals surface area contributed by atoms with E-state index in [9.17, 15) is 14.4 Å². The summed E-state index contributed by atoms with van der Waals surface area (Å²) < 4.78 is 16.8. The topological polar surface area (TPSA) is 101 Å². The van der Waals surface area contributed by atoms with Gasteiger partial charge in [0.25, 0.3) is 5.56 Å². The summed E-state index contributed by atoms with van der Waals surface area (Å²) in [5, 5.41) is 0.476. The van der Waals surface area contributed by atoms with Crippen molar-refractivity contribution in [1.82, 2.24) is 9.55 Å². The molecule has 4 rings (SSSR count). The van der Waals surface area contributed by atoms with Crippen LogP contribution >= 0.6 is 11.3 Å². The van der Waals surface area contributed by atoms with Crippen LogP contribution in [0.15, 0.2) is 21.3 Å². The van der Waals surface area contributed by atoms with Crippen molar-refractivity contribution >= 4 is 33.5 Å². The molecule has 0 radical (unpaired) electrons. The van der Waals surface area contributed by atoms with Gasteiger partial charge in [-0.3, -0.25) is 9.36 Å². The second-order valence-corrected chi connectivity index (χ2v) is 7.16. The van der Waals surface area contributed by atoms with Crippen LogP contribution in [0.4, 0.5) is 0 Å². The minimum Gasteiger partial charge on any atom is -0.463 e. The maximum atomic E-state index is 12.7. The van der Waals surface area contributed by atoms with Gasteiger partial charge in [0.05, 0.1) is 12.5 Å². The molecule has 9 heteroatoms. The molecule has 0 spiro atoms. The summed E-state index contributed by atoms with van der Waals surface area (Å²) >= 11 is 1.16. The first-order valence-electron chi connectivity index (χ1n) is 8.36. The van der Waals surface area contributed by atoms with Crippen LogP contribution < -0.4 is 5.56 Å². The second-order valence-electron chi connectivity index (χ2n) is 6.16. The first kappa shape index (κ1) is 17.5. The molecule has 3 aromatic heterocycles. The average molecular weight is 388 g/mol. The van der Waals surface area contributed by atoms with E-state index < -0.39 is 11.9 Å². The lowest BCUT2D eigenvalue weighted by Crippen LogP contribution is -2.20. The van der Waals surface area contributed by atoms with Crippen molar-refractivity contribution in [2.45, 2.75) is 32.9 Å². The number of aromatic nitrogens is 2. The van der Waals surface area contributed by atoms with Crippen molar-refractivity contribution in [2.24, 2.45) is 0 Å². The molecule has 0 bridgehead atoms. The highest BCUT2D eigenvalue weighted by Crippen LogP contribution is 2.29. The van der Waals surface area contributed by atoms with E-state index in [0.29, 0.717) is 33.0 Å². The van der Waals surface area contributed by atoms with Crippen LogP contribution in [0.25, 0.3) is 10.2 Å². The van der Waals surface area contributed by atoms with Crippen LogP contribution in [-0.4, -0.2) is 28.6 Å². The van der Waals surface area contributed by atoms with Gasteiger partial charge in [0, 0.05) is 13.0 Å². The number of furan rings is 1. The number of carbonyl (C=O) groups excluding carboxylic acids is 2. The Morgan fingerprint density at radius 2 is 2.15 bits per heavy atom. The van der Waals surface area contributed by atoms with Gasteiger partial charge >= 0.3 is 11.9 Å². The molecule has 1 aliphatic heterocycles. The number of rotatable bonds is 4. The first-order chi connectivity index (χ1) is 13.0. The van der Waals surface area contributed by atoms with Gasteiger partial charge in [0.1, 0.15) is 27.9 Å². The Labute approximate surface area is 157 Å². The molecule has 140 valence electrons. The van der Waals surface area contributed by atoms with E-state index >= 15 is 0 Å². The van der Waals surface area contributed by atoms with Gasteiger partial charge in [0.15, 0.2) is 0 Å². The minimum absolute atomic E-state index is 0.0355. The van der Waals surface area contributed by atoms with E-state index in [0.717, 1.165) is 30.0 Å². The maximum Gasteiger partial charge on any atom is 0.373 e. The van der Waals surface area contributed by atoms with Crippen molar-refractivity contribution in [2.75, 3.05) is 7.11 Å². The summed E-state index contributed by atoms with van der Waals surface area (Å²) in [6, 6.07) is 2.99. The van der Waals surface area contributed by atoms with Gasteiger partial charge in [-0.2, -0.15) is 0 Å². The number of carbonyl (C=O) groups is 2. The predicted octanol–water partition coefficient (Wildman–Crippen LogP) is 2.45. The lowest BCUT2D eigenvalue weighted by molar-refractivity contribution is 0.0443. The summed E-state index contributed by atoms with van der Waals surface area (Å²) in [5.41, 5.74) is 0.475. The summed E-state index contributed by atoms with van der Waals surface area (Å²) in [4.78, 5) is 42.0. The van der Waals surface area contributed by atoms with E-state index in [1.54, 1.807) is 11.5 Å². The van der Waals surface area contributed by atoms with Gasteiger partial charge < -0.3 is 13.9 Å². The molecule has 4 heterocycles. The number of ether oxygens (including phenoxy) is 2. The van der Waals surface area contributed by atoms with Crippen LogP contribution in [0.2, 0.25) is 0 Å². The Morgan fingerprint density at radius 3 is 2.93 bits per heavy atom. The second kappa shape index (κ2) is 6.66. The summed E-state index contributed by atoms with van der Waals surface area (Å²) in [6.07, 6.45) is 1.67. The molecule has 0 aromatic carbocycles. The van der Waals surface area contributed by atoms with Crippen molar-refractivity contribution in [3.05, 3.63) is 50.3 Å². The third-order valence-electron chi connectivity index (χ3n) is 4.49. The Hall–Kier alpha value is -2.94. The van der Waals surface area contributed by atoms with Gasteiger partial charge in [0.2, 0.25) is 5.76 Å². The van der Waals surface area contributed by atoms with Crippen LogP contribution in [0.1, 0.15) is 43.8 Å². The summed E-state index contributed by atoms with van der Waals surface area (Å²) in [7, 11) is 1.25. The highest BCUT2D eigenvalue weighted by Gasteiger charge is 2.24. The largest absolute Gasteiger partial charge is 0.463 e. The van der Waals surface area contributed by atoms with E-state index in [1.807, 2.05) is 0 Å². The molecule has 0 amide bonds. The molecule has 0 saturated heterocycles. The molecule has 3 aromatic rings. The number of methoxy groups -OCH3 is 1. The fourth-order valence-corrected chi connectivity index (χ4v) is 4.22. The van der Waals surface area contributed by atoms with Gasteiger partial charge in [-0.1, -0.05) is 0 Å². The summed E-state index contributed by atoms with van der Waals surface area (Å²) in [6.45, 7) is 2.25. The number of thiophene rings is 1. The molecule has 0 fully saturated rings. The van der Waals surface area contributed by atoms with E-state index in [2.05, 4.69) is 9.72 Å². The molecule has 27 heavy (non-hydrogen) atoms. The fraction of sp³-hybridized carbons (Fsp3) is 0.333. The average Bonchev–Trinajstić information content (AvgIpc) is 3.38. The van der Waals surface area contributed by atoms with E-state index in [-0.39, 0.29) is 17.9 Å². The van der Waals surface area contributed by atoms with E-state index in [4.69, 9.17) is 9.15 Å². The lowest BCUT2D eigenvalue weighted by atomic mass is 10.2. The van der Waals surface area contributed by atoms with Gasteiger partial charge in [-0.25, -0.2) is 14.6 Å². The third kappa shape index (κ3) is 2.93. The SMILES string of the molecule is COC(=O)c1ccc(COC(=O)c2sc3nc4n(c(=O)c3c2C)CCC4)o1. The van der Waals surface area contributed by atoms with Crippen molar-refractivity contribution < 1.29 is 23.5 Å². The van der Waals surface area contributed by atoms with Gasteiger partial charge in [-0.05, 0) is 31.0 Å². The molecule has 0 aliphatic carbocycles. The predicted molar refractivity (Wildman–Crippen MR) is 96.1 cm³/mol. The van der Waals surface area contributed by atoms with Crippen LogP contribution in [0.5, 0.6) is 0 Å². The van der Waals surface area contributed by atoms with Crippen LogP contribution in [0.3, 0.4) is 0 Å².